The molecule has 0 aliphatic carbocycles. The highest BCUT2D eigenvalue weighted by atomic mass is 16.5. The average molecular weight is 420 g/mol. The lowest BCUT2D eigenvalue weighted by molar-refractivity contribution is -0.134. The van der Waals surface area contributed by atoms with E-state index < -0.39 is 5.97 Å². The number of methoxy groups -OCH3 is 1. The molecule has 30 heavy (non-hydrogen) atoms. The number of carbonyl (C=O) groups excluding carboxylic acids is 1. The first-order valence-corrected chi connectivity index (χ1v) is 9.51. The summed E-state index contributed by atoms with van der Waals surface area (Å²) in [7, 11) is 1.56. The number of hydrogen-bond donors (Lipinski definition) is 3. The number of nitrogens with zero attached hydrogens (tertiary/aromatic N) is 4. The van der Waals surface area contributed by atoms with Gasteiger partial charge in [-0.1, -0.05) is 0 Å². The number of benzene rings is 1. The van der Waals surface area contributed by atoms with Crippen LogP contribution in [0.2, 0.25) is 0 Å². The van der Waals surface area contributed by atoms with Crippen LogP contribution in [0.5, 0.6) is 11.5 Å². The minimum absolute atomic E-state index is 0.00649. The highest BCUT2D eigenvalue weighted by Gasteiger charge is 2.23. The molecule has 0 radical (unpaired) electrons. The van der Waals surface area contributed by atoms with E-state index in [2.05, 4.69) is 20.1 Å². The number of ether oxygens (including phenoxy) is 2. The molecule has 1 aliphatic rings. The first kappa shape index (κ1) is 23.1. The minimum atomic E-state index is -0.833. The number of nitrogens with one attached hydrogen (secondary N) is 1. The molecule has 11 nitrogen and oxygen atoms in total. The summed E-state index contributed by atoms with van der Waals surface area (Å²) >= 11 is 0. The summed E-state index contributed by atoms with van der Waals surface area (Å²) in [4.78, 5) is 30.0. The number of carboxylic acid groups (broad SMARTS) is 1. The molecule has 1 aliphatic heterocycles. The van der Waals surface area contributed by atoms with Crippen molar-refractivity contribution >= 4 is 11.9 Å². The van der Waals surface area contributed by atoms with Crippen molar-refractivity contribution in [1.29, 1.82) is 0 Å². The lowest BCUT2D eigenvalue weighted by Crippen LogP contribution is -2.48. The average Bonchev–Trinajstić information content (AvgIpc) is 3.25. The van der Waals surface area contributed by atoms with E-state index in [-0.39, 0.29) is 5.91 Å². The summed E-state index contributed by atoms with van der Waals surface area (Å²) in [5.74, 6) is 1.12. The Kier molecular flexibility index (Phi) is 9.03. The summed E-state index contributed by atoms with van der Waals surface area (Å²) in [5, 5.41) is 14.1. The van der Waals surface area contributed by atoms with Crippen LogP contribution in [-0.4, -0.2) is 88.4 Å². The van der Waals surface area contributed by atoms with E-state index in [0.29, 0.717) is 49.8 Å². The van der Waals surface area contributed by atoms with Crippen molar-refractivity contribution in [2.45, 2.75) is 13.5 Å². The summed E-state index contributed by atoms with van der Waals surface area (Å²) in [5.41, 5.74) is 6.05. The number of hydrogen-bond acceptors (Lipinski definition) is 8. The van der Waals surface area contributed by atoms with Gasteiger partial charge in [-0.2, -0.15) is 5.10 Å². The van der Waals surface area contributed by atoms with Crippen LogP contribution in [0.25, 0.3) is 0 Å². The van der Waals surface area contributed by atoms with E-state index >= 15 is 0 Å². The van der Waals surface area contributed by atoms with Gasteiger partial charge in [0.25, 0.3) is 11.9 Å². The summed E-state index contributed by atoms with van der Waals surface area (Å²) < 4.78 is 10.9. The number of rotatable bonds is 7. The summed E-state index contributed by atoms with van der Waals surface area (Å²) in [6.45, 7) is 5.53. The maximum atomic E-state index is 12.8. The maximum Gasteiger partial charge on any atom is 0.300 e. The van der Waals surface area contributed by atoms with Crippen LogP contribution in [0, 0.1) is 0 Å². The van der Waals surface area contributed by atoms with Crippen LogP contribution in [-0.2, 0) is 11.3 Å². The number of H-pyrrole nitrogens is 1. The molecule has 11 heteroatoms. The van der Waals surface area contributed by atoms with Gasteiger partial charge in [-0.25, -0.2) is 4.98 Å². The first-order chi connectivity index (χ1) is 14.4. The Bertz CT molecular complexity index is 802. The summed E-state index contributed by atoms with van der Waals surface area (Å²) in [6, 6.07) is 5.23. The molecular formula is C19H28N6O5. The molecule has 4 N–H and O–H groups in total. The predicted octanol–water partition coefficient (Wildman–Crippen LogP) is 0.200. The first-order valence-electron chi connectivity index (χ1n) is 9.51. The zero-order valence-corrected chi connectivity index (χ0v) is 17.2. The highest BCUT2D eigenvalue weighted by Crippen LogP contribution is 2.28. The zero-order valence-electron chi connectivity index (χ0n) is 17.2. The van der Waals surface area contributed by atoms with Gasteiger partial charge in [0.2, 0.25) is 0 Å². The smallest absolute Gasteiger partial charge is 0.300 e. The number of aliphatic carboxylic acids is 1. The second-order valence-electron chi connectivity index (χ2n) is 6.52. The van der Waals surface area contributed by atoms with Gasteiger partial charge in [0.1, 0.15) is 18.8 Å². The fraction of sp³-hybridized carbons (Fsp3) is 0.474. The normalized spacial score (nSPS) is 13.9. The van der Waals surface area contributed by atoms with E-state index in [1.54, 1.807) is 25.3 Å². The highest BCUT2D eigenvalue weighted by molar-refractivity contribution is 5.95. The van der Waals surface area contributed by atoms with Crippen LogP contribution in [0.15, 0.2) is 24.5 Å². The van der Waals surface area contributed by atoms with Gasteiger partial charge < -0.3 is 25.2 Å². The molecule has 1 aromatic heterocycles. The Morgan fingerprint density at radius 1 is 1.23 bits per heavy atom. The van der Waals surface area contributed by atoms with Crippen molar-refractivity contribution < 1.29 is 24.2 Å². The molecule has 1 saturated heterocycles. The van der Waals surface area contributed by atoms with E-state index in [1.807, 2.05) is 4.90 Å². The van der Waals surface area contributed by atoms with Crippen molar-refractivity contribution in [2.24, 2.45) is 5.73 Å². The zero-order chi connectivity index (χ0) is 21.9. The fourth-order valence-electron chi connectivity index (χ4n) is 2.90. The number of piperazine rings is 1. The Morgan fingerprint density at radius 2 is 1.93 bits per heavy atom. The van der Waals surface area contributed by atoms with Gasteiger partial charge in [-0.05, 0) is 18.2 Å². The Morgan fingerprint density at radius 3 is 2.50 bits per heavy atom. The third-order valence-corrected chi connectivity index (χ3v) is 4.28. The van der Waals surface area contributed by atoms with E-state index in [4.69, 9.17) is 25.1 Å². The van der Waals surface area contributed by atoms with Crippen molar-refractivity contribution in [3.63, 3.8) is 0 Å². The number of carbonyl (C=O) groups is 2. The van der Waals surface area contributed by atoms with Crippen LogP contribution in [0.4, 0.5) is 0 Å². The van der Waals surface area contributed by atoms with Gasteiger partial charge >= 0.3 is 0 Å². The molecule has 0 unspecified atom stereocenters. The molecule has 2 heterocycles. The van der Waals surface area contributed by atoms with Crippen molar-refractivity contribution in [3.8, 4) is 11.5 Å². The molecule has 164 valence electrons. The minimum Gasteiger partial charge on any atom is -0.493 e. The molecular weight excluding hydrogens is 392 g/mol. The topological polar surface area (TPSA) is 147 Å². The fourth-order valence-corrected chi connectivity index (χ4v) is 2.90. The third-order valence-electron chi connectivity index (χ3n) is 4.28. The van der Waals surface area contributed by atoms with Crippen molar-refractivity contribution in [1.82, 2.24) is 25.0 Å². The number of amides is 1. The standard InChI is InChI=1S/C17H24N6O3.C2H4O2/c1-25-15-10-13(2-3-14(15)26-9-4-18)17(24)23-7-5-22(6-8-23)11-16-19-12-20-21-16;1-2(3)4/h2-3,10,12H,4-9,11,18H2,1H3,(H,19,20,21);1H3,(H,3,4). The molecule has 1 aromatic carbocycles. The lowest BCUT2D eigenvalue weighted by atomic mass is 10.1. The monoisotopic (exact) mass is 420 g/mol. The SMILES string of the molecule is CC(=O)O.COc1cc(C(=O)N2CCN(Cc3ncn[nH]3)CC2)ccc1OCCN. The molecule has 0 bridgehead atoms. The number of aromatic nitrogens is 3. The van der Waals surface area contributed by atoms with Crippen LogP contribution < -0.4 is 15.2 Å². The number of carboxylic acids is 1. The van der Waals surface area contributed by atoms with Crippen molar-refractivity contribution in [3.05, 3.63) is 35.9 Å². The predicted molar refractivity (Wildman–Crippen MR) is 108 cm³/mol. The van der Waals surface area contributed by atoms with Crippen LogP contribution >= 0.6 is 0 Å². The molecule has 2 aromatic rings. The quantitative estimate of drug-likeness (QED) is 0.571. The molecule has 0 saturated carbocycles. The van der Waals surface area contributed by atoms with Gasteiger partial charge in [0.15, 0.2) is 11.5 Å². The maximum absolute atomic E-state index is 12.8. The van der Waals surface area contributed by atoms with E-state index in [1.165, 1.54) is 6.33 Å². The summed E-state index contributed by atoms with van der Waals surface area (Å²) in [6.07, 6.45) is 1.50. The van der Waals surface area contributed by atoms with Crippen LogP contribution in [0.1, 0.15) is 23.1 Å². The number of aromatic amines is 1. The van der Waals surface area contributed by atoms with Gasteiger partial charge in [-0.3, -0.25) is 19.6 Å². The Balaban J connectivity index is 0.000000735. The van der Waals surface area contributed by atoms with Crippen molar-refractivity contribution in [2.75, 3.05) is 46.4 Å². The molecule has 0 atom stereocenters. The van der Waals surface area contributed by atoms with E-state index in [9.17, 15) is 4.79 Å². The van der Waals surface area contributed by atoms with Gasteiger partial charge in [0.05, 0.1) is 13.7 Å². The second kappa shape index (κ2) is 11.7. The molecule has 1 fully saturated rings. The third kappa shape index (κ3) is 7.01. The largest absolute Gasteiger partial charge is 0.493 e. The molecule has 3 rings (SSSR count). The van der Waals surface area contributed by atoms with Gasteiger partial charge in [0, 0.05) is 45.2 Å². The van der Waals surface area contributed by atoms with Gasteiger partial charge in [-0.15, -0.1) is 0 Å². The van der Waals surface area contributed by atoms with E-state index in [0.717, 1.165) is 25.8 Å². The Labute approximate surface area is 174 Å². The molecule has 1 amide bonds. The lowest BCUT2D eigenvalue weighted by Gasteiger charge is -2.34. The number of nitrogens with two attached hydrogens (primary N) is 1. The molecule has 0 spiro atoms. The van der Waals surface area contributed by atoms with Crippen LogP contribution in [0.3, 0.4) is 0 Å². The second-order valence-corrected chi connectivity index (χ2v) is 6.52. The Hall–Kier alpha value is -3.18.